The molecule has 20 heavy (non-hydrogen) atoms. The van der Waals surface area contributed by atoms with Gasteiger partial charge in [0.15, 0.2) is 5.65 Å². The Morgan fingerprint density at radius 3 is 2.75 bits per heavy atom. The number of aromatic nitrogens is 3. The highest BCUT2D eigenvalue weighted by atomic mass is 16.4. The topological polar surface area (TPSA) is 100 Å². The van der Waals surface area contributed by atoms with Gasteiger partial charge in [-0.1, -0.05) is 0 Å². The molecule has 0 aliphatic carbocycles. The number of anilines is 1. The SMILES string of the molecule is Cn1ncc2c(NC(C)(C)CCO)c(C(=O)O)cnc21. The fourth-order valence-electron chi connectivity index (χ4n) is 2.07. The molecular weight excluding hydrogens is 260 g/mol. The highest BCUT2D eigenvalue weighted by molar-refractivity contribution is 6.03. The molecule has 0 unspecified atom stereocenters. The molecule has 2 aromatic rings. The van der Waals surface area contributed by atoms with E-state index >= 15 is 0 Å². The molecule has 2 rings (SSSR count). The van der Waals surface area contributed by atoms with Crippen LogP contribution in [-0.4, -0.2) is 43.1 Å². The van der Waals surface area contributed by atoms with Crippen molar-refractivity contribution in [1.82, 2.24) is 14.8 Å². The molecular formula is C13H18N4O3. The average molecular weight is 278 g/mol. The van der Waals surface area contributed by atoms with E-state index in [-0.39, 0.29) is 12.2 Å². The van der Waals surface area contributed by atoms with Gasteiger partial charge in [-0.3, -0.25) is 4.68 Å². The first-order chi connectivity index (χ1) is 9.35. The van der Waals surface area contributed by atoms with Crippen LogP contribution in [0.4, 0.5) is 5.69 Å². The molecule has 0 fully saturated rings. The monoisotopic (exact) mass is 278 g/mol. The molecule has 108 valence electrons. The van der Waals surface area contributed by atoms with E-state index in [2.05, 4.69) is 15.4 Å². The third kappa shape index (κ3) is 2.57. The number of aromatic carboxylic acids is 1. The van der Waals surface area contributed by atoms with Crippen LogP contribution in [0.25, 0.3) is 11.0 Å². The van der Waals surface area contributed by atoms with Gasteiger partial charge in [0.2, 0.25) is 0 Å². The summed E-state index contributed by atoms with van der Waals surface area (Å²) in [6.07, 6.45) is 3.41. The Morgan fingerprint density at radius 2 is 2.15 bits per heavy atom. The number of aryl methyl sites for hydroxylation is 1. The van der Waals surface area contributed by atoms with Gasteiger partial charge < -0.3 is 15.5 Å². The first kappa shape index (κ1) is 14.3. The largest absolute Gasteiger partial charge is 0.478 e. The number of aliphatic hydroxyl groups excluding tert-OH is 1. The van der Waals surface area contributed by atoms with Crippen LogP contribution in [0.2, 0.25) is 0 Å². The van der Waals surface area contributed by atoms with E-state index < -0.39 is 11.5 Å². The maximum absolute atomic E-state index is 11.4. The van der Waals surface area contributed by atoms with Crippen molar-refractivity contribution in [2.45, 2.75) is 25.8 Å². The van der Waals surface area contributed by atoms with Gasteiger partial charge in [-0.05, 0) is 20.3 Å². The van der Waals surface area contributed by atoms with E-state index in [0.29, 0.717) is 23.1 Å². The summed E-state index contributed by atoms with van der Waals surface area (Å²) >= 11 is 0. The molecule has 2 heterocycles. The van der Waals surface area contributed by atoms with Gasteiger partial charge in [0.05, 0.1) is 17.3 Å². The van der Waals surface area contributed by atoms with Crippen molar-refractivity contribution in [3.63, 3.8) is 0 Å². The highest BCUT2D eigenvalue weighted by Crippen LogP contribution is 2.29. The quantitative estimate of drug-likeness (QED) is 0.760. The van der Waals surface area contributed by atoms with Crippen LogP contribution in [0, 0.1) is 0 Å². The fraction of sp³-hybridized carbons (Fsp3) is 0.462. The number of rotatable bonds is 5. The summed E-state index contributed by atoms with van der Waals surface area (Å²) in [5.74, 6) is -1.05. The lowest BCUT2D eigenvalue weighted by atomic mass is 9.99. The lowest BCUT2D eigenvalue weighted by molar-refractivity contribution is 0.0697. The Labute approximate surface area is 116 Å². The second-order valence-electron chi connectivity index (χ2n) is 5.34. The first-order valence-electron chi connectivity index (χ1n) is 6.29. The standard InChI is InChI=1S/C13H18N4O3/c1-13(2,4-5-18)16-10-8-7-15-17(3)11(8)14-6-9(10)12(19)20/h6-7,18H,4-5H2,1-3H3,(H,14,16)(H,19,20). The number of nitrogens with one attached hydrogen (secondary N) is 1. The molecule has 0 radical (unpaired) electrons. The zero-order valence-electron chi connectivity index (χ0n) is 11.7. The van der Waals surface area contributed by atoms with E-state index in [4.69, 9.17) is 5.11 Å². The van der Waals surface area contributed by atoms with Crippen LogP contribution < -0.4 is 5.32 Å². The minimum atomic E-state index is -1.05. The summed E-state index contributed by atoms with van der Waals surface area (Å²) in [5.41, 5.74) is 0.742. The predicted molar refractivity (Wildman–Crippen MR) is 74.9 cm³/mol. The molecule has 7 heteroatoms. The maximum atomic E-state index is 11.4. The van der Waals surface area contributed by atoms with E-state index in [0.717, 1.165) is 0 Å². The Morgan fingerprint density at radius 1 is 1.45 bits per heavy atom. The summed E-state index contributed by atoms with van der Waals surface area (Å²) in [5, 5.41) is 26.3. The molecule has 3 N–H and O–H groups in total. The molecule has 0 saturated carbocycles. The molecule has 0 atom stereocenters. The zero-order chi connectivity index (χ0) is 14.9. The number of aliphatic hydroxyl groups is 1. The molecule has 0 aliphatic heterocycles. The summed E-state index contributed by atoms with van der Waals surface area (Å²) in [6, 6.07) is 0. The minimum absolute atomic E-state index is 0.0175. The maximum Gasteiger partial charge on any atom is 0.339 e. The lowest BCUT2D eigenvalue weighted by Gasteiger charge is -2.27. The Kier molecular flexibility index (Phi) is 3.63. The third-order valence-electron chi connectivity index (χ3n) is 3.19. The van der Waals surface area contributed by atoms with E-state index in [9.17, 15) is 9.90 Å². The number of hydrogen-bond acceptors (Lipinski definition) is 5. The predicted octanol–water partition coefficient (Wildman–Crippen LogP) is 1.24. The normalized spacial score (nSPS) is 11.8. The van der Waals surface area contributed by atoms with Crippen LogP contribution in [-0.2, 0) is 7.05 Å². The van der Waals surface area contributed by atoms with Gasteiger partial charge in [0.25, 0.3) is 0 Å². The molecule has 0 spiro atoms. The molecule has 0 aromatic carbocycles. The molecule has 7 nitrogen and oxygen atoms in total. The minimum Gasteiger partial charge on any atom is -0.478 e. The second kappa shape index (κ2) is 5.09. The van der Waals surface area contributed by atoms with Crippen LogP contribution >= 0.6 is 0 Å². The van der Waals surface area contributed by atoms with Crippen molar-refractivity contribution in [1.29, 1.82) is 0 Å². The first-order valence-corrected chi connectivity index (χ1v) is 6.29. The van der Waals surface area contributed by atoms with Gasteiger partial charge >= 0.3 is 5.97 Å². The summed E-state index contributed by atoms with van der Waals surface area (Å²) in [7, 11) is 1.75. The number of carbonyl (C=O) groups is 1. The van der Waals surface area contributed by atoms with Crippen molar-refractivity contribution in [3.05, 3.63) is 18.0 Å². The smallest absolute Gasteiger partial charge is 0.339 e. The van der Waals surface area contributed by atoms with E-state index in [1.165, 1.54) is 6.20 Å². The van der Waals surface area contributed by atoms with E-state index in [1.807, 2.05) is 13.8 Å². The molecule has 0 amide bonds. The fourth-order valence-corrected chi connectivity index (χ4v) is 2.07. The summed E-state index contributed by atoms with van der Waals surface area (Å²) in [4.78, 5) is 15.5. The van der Waals surface area contributed by atoms with Crippen LogP contribution in [0.1, 0.15) is 30.6 Å². The highest BCUT2D eigenvalue weighted by Gasteiger charge is 2.23. The number of carboxylic acid groups (broad SMARTS) is 1. The van der Waals surface area contributed by atoms with Gasteiger partial charge in [-0.15, -0.1) is 0 Å². The molecule has 0 bridgehead atoms. The molecule has 0 aliphatic rings. The Hall–Kier alpha value is -2.15. The van der Waals surface area contributed by atoms with Gasteiger partial charge in [-0.25, -0.2) is 9.78 Å². The third-order valence-corrected chi connectivity index (χ3v) is 3.19. The second-order valence-corrected chi connectivity index (χ2v) is 5.34. The van der Waals surface area contributed by atoms with Crippen LogP contribution in [0.5, 0.6) is 0 Å². The number of pyridine rings is 1. The van der Waals surface area contributed by atoms with E-state index in [1.54, 1.807) is 17.9 Å². The summed E-state index contributed by atoms with van der Waals surface area (Å²) in [6.45, 7) is 3.82. The number of fused-ring (bicyclic) bond motifs is 1. The zero-order valence-corrected chi connectivity index (χ0v) is 11.7. The average Bonchev–Trinajstić information content (AvgIpc) is 2.71. The Balaban J connectivity index is 2.58. The van der Waals surface area contributed by atoms with Crippen molar-refractivity contribution < 1.29 is 15.0 Å². The Bertz CT molecular complexity index is 648. The van der Waals surface area contributed by atoms with Crippen molar-refractivity contribution >= 4 is 22.7 Å². The van der Waals surface area contributed by atoms with Crippen molar-refractivity contribution in [2.75, 3.05) is 11.9 Å². The molecule has 0 saturated heterocycles. The number of hydrogen-bond donors (Lipinski definition) is 3. The van der Waals surface area contributed by atoms with Crippen molar-refractivity contribution in [2.24, 2.45) is 7.05 Å². The lowest BCUT2D eigenvalue weighted by Crippen LogP contribution is -2.32. The molecule has 2 aromatic heterocycles. The number of nitrogens with zero attached hydrogens (tertiary/aromatic N) is 3. The van der Waals surface area contributed by atoms with Crippen LogP contribution in [0.15, 0.2) is 12.4 Å². The number of carboxylic acids is 1. The van der Waals surface area contributed by atoms with Crippen molar-refractivity contribution in [3.8, 4) is 0 Å². The summed E-state index contributed by atoms with van der Waals surface area (Å²) < 4.78 is 1.59. The van der Waals surface area contributed by atoms with Gasteiger partial charge in [0.1, 0.15) is 5.56 Å². The van der Waals surface area contributed by atoms with Gasteiger partial charge in [-0.2, -0.15) is 5.10 Å². The van der Waals surface area contributed by atoms with Crippen LogP contribution in [0.3, 0.4) is 0 Å². The van der Waals surface area contributed by atoms with Gasteiger partial charge in [0, 0.05) is 25.4 Å².